The molecule has 0 saturated heterocycles. The Bertz CT molecular complexity index is 4920. The van der Waals surface area contributed by atoms with E-state index in [1.807, 2.05) is 0 Å². The van der Waals surface area contributed by atoms with Crippen LogP contribution in [0.25, 0.3) is 32.3 Å². The fraction of sp³-hybridized carbons (Fsp3) is 0. The molecule has 13 aromatic carbocycles. The molecule has 0 amide bonds. The highest BCUT2D eigenvalue weighted by Gasteiger charge is 2.46. The minimum Gasteiger partial charge on any atom is -0.458 e. The lowest BCUT2D eigenvalue weighted by atomic mass is 9.33. The average Bonchev–Trinajstić information content (AvgIpc) is 3.03. The SMILES string of the molecule is c1ccc(N2c3ccccc3B3c4cc5c(cc4Oc4cccc2c43)c2cc3c(cc2c2cc4c(cc52)N(c2ccccc2)c2cccc5c2B4c2ccccc2O5)B2c4ccccc4Oc4cccc(c42)N3c2ccccc2)cc1. The number of rotatable bonds is 3. The highest BCUT2D eigenvalue weighted by molar-refractivity contribution is 7.01. The molecule has 0 aliphatic carbocycles. The van der Waals surface area contributed by atoms with Gasteiger partial charge in [-0.25, -0.2) is 0 Å². The Hall–Kier alpha value is -10.4. The van der Waals surface area contributed by atoms with Gasteiger partial charge in [-0.15, -0.1) is 0 Å². The summed E-state index contributed by atoms with van der Waals surface area (Å²) in [4.78, 5) is 7.34. The lowest BCUT2D eigenvalue weighted by molar-refractivity contribution is 0.487. The first-order valence-corrected chi connectivity index (χ1v) is 28.0. The number of hydrogen-bond donors (Lipinski definition) is 0. The molecule has 6 nitrogen and oxygen atoms in total. The number of fused-ring (bicyclic) bond motifs is 18. The number of para-hydroxylation sites is 6. The summed E-state index contributed by atoms with van der Waals surface area (Å²) < 4.78 is 21.0. The maximum Gasteiger partial charge on any atom is 0.256 e. The van der Waals surface area contributed by atoms with Gasteiger partial charge >= 0.3 is 0 Å². The standard InChI is InChI=1S/C72H42B3N3O3/c1-4-19-43(20-5-1)76-58-28-13-10-25-52(58)73-57-39-48-49-40-62-55(74-53-26-11-14-32-64(53)79-66-34-17-30-60(71(66)74)77(62)44-21-6-2-7-22-44)37-46(49)47-38-56-63(41-50(47)51(48)42-69(57)81-68-36-16-29-59(76)70(68)73)78(45-23-8-3-9-24-45)61-31-18-35-67-72(61)75(56)54-27-12-15-33-65(54)80-67/h1-42H. The van der Waals surface area contributed by atoms with Crippen LogP contribution in [-0.2, 0) is 0 Å². The molecule has 0 N–H and O–H groups in total. The van der Waals surface area contributed by atoms with Gasteiger partial charge in [-0.05, 0) is 191 Å². The fourth-order valence-corrected chi connectivity index (χ4v) is 14.9. The van der Waals surface area contributed by atoms with Crippen LogP contribution in [0.4, 0.5) is 51.2 Å². The number of anilines is 9. The summed E-state index contributed by atoms with van der Waals surface area (Å²) in [5.74, 6) is 5.31. The summed E-state index contributed by atoms with van der Waals surface area (Å²) in [6.45, 7) is -0.272. The van der Waals surface area contributed by atoms with E-state index < -0.39 is 0 Å². The predicted octanol–water partition coefficient (Wildman–Crippen LogP) is 12.4. The molecule has 6 aliphatic heterocycles. The van der Waals surface area contributed by atoms with Gasteiger partial charge in [0.15, 0.2) is 0 Å². The van der Waals surface area contributed by atoms with Crippen LogP contribution in [0.3, 0.4) is 0 Å². The molecule has 0 spiro atoms. The van der Waals surface area contributed by atoms with E-state index in [1.165, 1.54) is 60.0 Å². The van der Waals surface area contributed by atoms with Crippen LogP contribution in [0.1, 0.15) is 0 Å². The second-order valence-electron chi connectivity index (χ2n) is 22.2. The van der Waals surface area contributed by atoms with Gasteiger partial charge in [0.2, 0.25) is 0 Å². The van der Waals surface area contributed by atoms with Crippen LogP contribution >= 0.6 is 0 Å². The van der Waals surface area contributed by atoms with Crippen LogP contribution in [0, 0.1) is 0 Å². The van der Waals surface area contributed by atoms with Crippen LogP contribution < -0.4 is 78.1 Å². The lowest BCUT2D eigenvalue weighted by Crippen LogP contribution is -2.59. The number of nitrogens with zero attached hydrogens (tertiary/aromatic N) is 3. The fourth-order valence-electron chi connectivity index (χ4n) is 14.9. The van der Waals surface area contributed by atoms with E-state index in [4.69, 9.17) is 14.2 Å². The summed E-state index contributed by atoms with van der Waals surface area (Å²) in [5.41, 5.74) is 20.8. The van der Waals surface area contributed by atoms with Gasteiger partial charge in [0.05, 0.1) is 0 Å². The van der Waals surface area contributed by atoms with Crippen molar-refractivity contribution in [3.63, 3.8) is 0 Å². The zero-order valence-electron chi connectivity index (χ0n) is 43.5. The van der Waals surface area contributed by atoms with E-state index in [9.17, 15) is 0 Å². The van der Waals surface area contributed by atoms with Gasteiger partial charge in [-0.1, -0.05) is 146 Å². The highest BCUT2D eigenvalue weighted by atomic mass is 16.5. The molecule has 0 bridgehead atoms. The largest absolute Gasteiger partial charge is 0.458 e. The quantitative estimate of drug-likeness (QED) is 0.130. The zero-order chi connectivity index (χ0) is 52.6. The Labute approximate surface area is 468 Å². The Kier molecular flexibility index (Phi) is 8.68. The number of ether oxygens (including phenoxy) is 3. The van der Waals surface area contributed by atoms with E-state index in [0.29, 0.717) is 0 Å². The molecule has 6 heterocycles. The van der Waals surface area contributed by atoms with E-state index in [-0.39, 0.29) is 20.1 Å². The third-order valence-corrected chi connectivity index (χ3v) is 18.1. The van der Waals surface area contributed by atoms with Crippen molar-refractivity contribution in [3.05, 3.63) is 255 Å². The van der Waals surface area contributed by atoms with Gasteiger partial charge < -0.3 is 28.9 Å². The molecule has 19 rings (SSSR count). The van der Waals surface area contributed by atoms with E-state index in [1.54, 1.807) is 0 Å². The molecule has 13 aromatic rings. The molecule has 372 valence electrons. The molecule has 9 heteroatoms. The molecular formula is C72H42B3N3O3. The van der Waals surface area contributed by atoms with Gasteiger partial charge in [-0.2, -0.15) is 0 Å². The van der Waals surface area contributed by atoms with E-state index in [2.05, 4.69) is 269 Å². The molecule has 81 heavy (non-hydrogen) atoms. The van der Waals surface area contributed by atoms with Gasteiger partial charge in [0.25, 0.3) is 20.1 Å². The minimum atomic E-state index is -0.0925. The molecule has 0 saturated carbocycles. The average molecular weight is 1030 g/mol. The molecular weight excluding hydrogens is 987 g/mol. The summed E-state index contributed by atoms with van der Waals surface area (Å²) >= 11 is 0. The predicted molar refractivity (Wildman–Crippen MR) is 337 cm³/mol. The van der Waals surface area contributed by atoms with Gasteiger partial charge in [-0.3, -0.25) is 0 Å². The molecule has 0 fully saturated rings. The van der Waals surface area contributed by atoms with Crippen molar-refractivity contribution in [1.29, 1.82) is 0 Å². The number of hydrogen-bond acceptors (Lipinski definition) is 6. The van der Waals surface area contributed by atoms with Crippen molar-refractivity contribution in [2.24, 2.45) is 0 Å². The normalized spacial score (nSPS) is 14.1. The second-order valence-corrected chi connectivity index (χ2v) is 22.2. The first-order chi connectivity index (χ1) is 40.2. The molecule has 0 radical (unpaired) electrons. The second kappa shape index (κ2) is 16.1. The van der Waals surface area contributed by atoms with Crippen molar-refractivity contribution in [3.8, 4) is 34.5 Å². The van der Waals surface area contributed by atoms with Crippen LogP contribution in [0.15, 0.2) is 255 Å². The maximum atomic E-state index is 7.35. The zero-order valence-corrected chi connectivity index (χ0v) is 43.5. The molecule has 0 atom stereocenters. The lowest BCUT2D eigenvalue weighted by Gasteiger charge is -2.41. The van der Waals surface area contributed by atoms with Crippen molar-refractivity contribution < 1.29 is 14.2 Å². The van der Waals surface area contributed by atoms with Crippen LogP contribution in [-0.4, -0.2) is 20.1 Å². The van der Waals surface area contributed by atoms with Crippen molar-refractivity contribution in [2.75, 3.05) is 14.7 Å². The Morgan fingerprint density at radius 3 is 1.00 bits per heavy atom. The van der Waals surface area contributed by atoms with Crippen molar-refractivity contribution in [2.45, 2.75) is 0 Å². The third kappa shape index (κ3) is 5.89. The topological polar surface area (TPSA) is 37.4 Å². The Morgan fingerprint density at radius 2 is 0.531 bits per heavy atom. The summed E-state index contributed by atoms with van der Waals surface area (Å²) in [6, 6.07) is 93.2. The Morgan fingerprint density at radius 1 is 0.210 bits per heavy atom. The van der Waals surface area contributed by atoms with Crippen LogP contribution in [0.2, 0.25) is 0 Å². The van der Waals surface area contributed by atoms with Crippen molar-refractivity contribution in [1.82, 2.24) is 0 Å². The third-order valence-electron chi connectivity index (χ3n) is 18.1. The highest BCUT2D eigenvalue weighted by Crippen LogP contribution is 2.49. The molecule has 0 unspecified atom stereocenters. The Balaban J connectivity index is 0.960. The molecule has 6 aliphatic rings. The molecule has 0 aromatic heterocycles. The maximum absolute atomic E-state index is 7.35. The first kappa shape index (κ1) is 43.6. The monoisotopic (exact) mass is 1030 g/mol. The minimum absolute atomic E-state index is 0.0892. The van der Waals surface area contributed by atoms with Crippen molar-refractivity contribution >= 4 is 153 Å². The smallest absolute Gasteiger partial charge is 0.256 e. The first-order valence-electron chi connectivity index (χ1n) is 28.0. The summed E-state index contributed by atoms with van der Waals surface area (Å²) in [7, 11) is 0. The summed E-state index contributed by atoms with van der Waals surface area (Å²) in [5, 5.41) is 7.02. The van der Waals surface area contributed by atoms with E-state index in [0.717, 1.165) is 107 Å². The van der Waals surface area contributed by atoms with Crippen LogP contribution in [0.5, 0.6) is 34.5 Å². The van der Waals surface area contributed by atoms with Gasteiger partial charge in [0.1, 0.15) is 34.5 Å². The van der Waals surface area contributed by atoms with Gasteiger partial charge in [0, 0.05) is 51.2 Å². The summed E-state index contributed by atoms with van der Waals surface area (Å²) in [6.07, 6.45) is 0. The van der Waals surface area contributed by atoms with E-state index >= 15 is 0 Å². The number of benzene rings is 13.